The Labute approximate surface area is 284 Å². The number of urea groups is 1. The molecule has 0 aliphatic carbocycles. The second kappa shape index (κ2) is 14.7. The van der Waals surface area contributed by atoms with Crippen molar-refractivity contribution in [3.63, 3.8) is 0 Å². The number of aromatic nitrogens is 1. The van der Waals surface area contributed by atoms with E-state index in [1.807, 2.05) is 5.32 Å². The van der Waals surface area contributed by atoms with Crippen LogP contribution < -0.4 is 14.8 Å². The van der Waals surface area contributed by atoms with Gasteiger partial charge in [-0.05, 0) is 67.6 Å². The molecule has 50 heavy (non-hydrogen) atoms. The van der Waals surface area contributed by atoms with Crippen LogP contribution in [-0.4, -0.2) is 70.4 Å². The molecule has 1 fully saturated rings. The summed E-state index contributed by atoms with van der Waals surface area (Å²) in [6, 6.07) is 12.7. The van der Waals surface area contributed by atoms with Crippen LogP contribution in [0.25, 0.3) is 0 Å². The minimum atomic E-state index is -3.79. The molecule has 1 aliphatic heterocycles. The van der Waals surface area contributed by atoms with E-state index in [2.05, 4.69) is 14.9 Å². The highest BCUT2D eigenvalue weighted by Crippen LogP contribution is 2.30. The molecule has 0 spiro atoms. The highest BCUT2D eigenvalue weighted by Gasteiger charge is 2.65. The van der Waals surface area contributed by atoms with E-state index in [9.17, 15) is 33.2 Å². The largest absolute Gasteiger partial charge is 0.463 e. The minimum absolute atomic E-state index is 0.00193. The van der Waals surface area contributed by atoms with E-state index in [4.69, 9.17) is 30.3 Å². The van der Waals surface area contributed by atoms with E-state index in [0.717, 1.165) is 30.5 Å². The summed E-state index contributed by atoms with van der Waals surface area (Å²) in [7, 11) is 0. The first-order valence-corrected chi connectivity index (χ1v) is 14.5. The topological polar surface area (TPSA) is 193 Å². The van der Waals surface area contributed by atoms with E-state index >= 15 is 4.39 Å². The number of halogens is 3. The molecule has 2 aromatic carbocycles. The first-order chi connectivity index (χ1) is 23.9. The van der Waals surface area contributed by atoms with E-state index in [1.54, 1.807) is 0 Å². The van der Waals surface area contributed by atoms with Crippen molar-refractivity contribution in [2.45, 2.75) is 18.8 Å². The number of benzene rings is 2. The molecule has 1 N–H and O–H groups in total. The van der Waals surface area contributed by atoms with Gasteiger partial charge in [0.1, 0.15) is 22.8 Å². The van der Waals surface area contributed by atoms with E-state index in [1.165, 1.54) is 61.7 Å². The summed E-state index contributed by atoms with van der Waals surface area (Å²) in [5, 5.41) is 5.15. The summed E-state index contributed by atoms with van der Waals surface area (Å²) in [5.41, 5.74) is -4.62. The molecular weight excluding hydrogens is 690 g/mol. The third kappa shape index (κ3) is 7.31. The number of nitrogens with zero attached hydrogens (tertiary/aromatic N) is 3. The Bertz CT molecular complexity index is 2010. The van der Waals surface area contributed by atoms with Gasteiger partial charge in [0.05, 0.1) is 24.0 Å². The summed E-state index contributed by atoms with van der Waals surface area (Å²) in [5.74, 6) is -8.53. The van der Waals surface area contributed by atoms with Gasteiger partial charge in [-0.2, -0.15) is 9.88 Å². The quantitative estimate of drug-likeness (QED) is 0.0810. The number of hydrogen-bond donors (Lipinski definition) is 1. The molecule has 4 amide bonds. The Balaban J connectivity index is 1.34. The standard InChI is InChI=1S/C32H21ClF2N4O11/c1-2-46-30(44)32(35)28(50-36-16-21-7-4-14-47-21)38-31(45)39(29(32)43)25(40)18-5-3-6-19(15-18)27(42)49-24-22(33)12-13-23(37-24)48-26(41)17-8-10-20(34)11-9-17/h3-16,28H,2H2,1H3,(H,38,45)/b36-16+. The lowest BCUT2D eigenvalue weighted by molar-refractivity contribution is -0.183. The summed E-state index contributed by atoms with van der Waals surface area (Å²) in [6.45, 7) is 0.940. The van der Waals surface area contributed by atoms with Crippen LogP contribution in [-0.2, 0) is 19.2 Å². The monoisotopic (exact) mass is 710 g/mol. The average Bonchev–Trinajstić information content (AvgIpc) is 3.62. The number of amides is 4. The summed E-state index contributed by atoms with van der Waals surface area (Å²) in [6.07, 6.45) is -0.101. The average molecular weight is 711 g/mol. The number of furan rings is 1. The third-order valence-corrected chi connectivity index (χ3v) is 6.89. The van der Waals surface area contributed by atoms with Gasteiger partial charge in [-0.25, -0.2) is 28.0 Å². The maximum atomic E-state index is 16.3. The molecule has 1 aliphatic rings. The molecule has 0 saturated carbocycles. The lowest BCUT2D eigenvalue weighted by Crippen LogP contribution is -2.72. The molecular formula is C32H21ClF2N4O11. The molecule has 2 aromatic heterocycles. The molecule has 0 bridgehead atoms. The van der Waals surface area contributed by atoms with Crippen LogP contribution in [0.15, 0.2) is 88.6 Å². The first-order valence-electron chi connectivity index (χ1n) is 14.2. The molecule has 256 valence electrons. The Hall–Kier alpha value is -6.49. The zero-order chi connectivity index (χ0) is 36.0. The van der Waals surface area contributed by atoms with Gasteiger partial charge in [0.15, 0.2) is 0 Å². The van der Waals surface area contributed by atoms with Crippen LogP contribution in [0.2, 0.25) is 5.02 Å². The molecule has 2 unspecified atom stereocenters. The van der Waals surface area contributed by atoms with Crippen LogP contribution in [0, 0.1) is 5.82 Å². The zero-order valence-corrected chi connectivity index (χ0v) is 26.1. The van der Waals surface area contributed by atoms with Gasteiger partial charge in [-0.1, -0.05) is 22.8 Å². The fourth-order valence-corrected chi connectivity index (χ4v) is 4.34. The molecule has 4 aromatic rings. The number of nitrogens with one attached hydrogen (secondary N) is 1. The normalized spacial score (nSPS) is 17.2. The van der Waals surface area contributed by atoms with Crippen LogP contribution in [0.3, 0.4) is 0 Å². The van der Waals surface area contributed by atoms with Gasteiger partial charge >= 0.3 is 29.6 Å². The number of oxime groups is 1. The maximum absolute atomic E-state index is 16.3. The highest BCUT2D eigenvalue weighted by molar-refractivity contribution is 6.32. The van der Waals surface area contributed by atoms with Crippen LogP contribution in [0.5, 0.6) is 11.8 Å². The number of rotatable bonds is 10. The summed E-state index contributed by atoms with van der Waals surface area (Å²) < 4.78 is 49.5. The zero-order valence-electron chi connectivity index (χ0n) is 25.3. The molecule has 15 nitrogen and oxygen atoms in total. The van der Waals surface area contributed by atoms with Gasteiger partial charge < -0.3 is 23.5 Å². The summed E-state index contributed by atoms with van der Waals surface area (Å²) in [4.78, 5) is 86.4. The molecule has 2 atom stereocenters. The van der Waals surface area contributed by atoms with Gasteiger partial charge in [0.25, 0.3) is 18.0 Å². The third-order valence-electron chi connectivity index (χ3n) is 6.60. The predicted octanol–water partition coefficient (Wildman–Crippen LogP) is 4.25. The minimum Gasteiger partial charge on any atom is -0.463 e. The van der Waals surface area contributed by atoms with Gasteiger partial charge in [-0.3, -0.25) is 14.9 Å². The van der Waals surface area contributed by atoms with Crippen molar-refractivity contribution in [3.8, 4) is 11.8 Å². The van der Waals surface area contributed by atoms with E-state index < -0.39 is 64.9 Å². The Morgan fingerprint density at radius 2 is 1.72 bits per heavy atom. The number of esters is 3. The number of pyridine rings is 1. The molecule has 0 radical (unpaired) electrons. The number of carbonyl (C=O) groups excluding carboxylic acids is 6. The SMILES string of the molecule is CCOC(=O)C1(F)C(=O)N(C(=O)c2cccc(C(=O)Oc3nc(OC(=O)c4ccc(F)cc4)ccc3Cl)c2)C(=O)NC1O/N=C/c1ccco1. The lowest BCUT2D eigenvalue weighted by Gasteiger charge is -2.37. The second-order valence-electron chi connectivity index (χ2n) is 9.87. The molecule has 3 heterocycles. The molecule has 5 rings (SSSR count). The van der Waals surface area contributed by atoms with Crippen molar-refractivity contribution in [2.75, 3.05) is 6.61 Å². The van der Waals surface area contributed by atoms with Crippen LogP contribution in [0.4, 0.5) is 13.6 Å². The van der Waals surface area contributed by atoms with Crippen LogP contribution >= 0.6 is 11.6 Å². The van der Waals surface area contributed by atoms with E-state index in [0.29, 0.717) is 0 Å². The van der Waals surface area contributed by atoms with Crippen molar-refractivity contribution in [3.05, 3.63) is 112 Å². The van der Waals surface area contributed by atoms with Gasteiger partial charge in [0.2, 0.25) is 11.8 Å². The number of carbonyl (C=O) groups is 6. The van der Waals surface area contributed by atoms with Crippen molar-refractivity contribution >= 4 is 53.6 Å². The fourth-order valence-electron chi connectivity index (χ4n) is 4.19. The Morgan fingerprint density at radius 1 is 1.00 bits per heavy atom. The van der Waals surface area contributed by atoms with Crippen molar-refractivity contribution in [2.24, 2.45) is 5.16 Å². The van der Waals surface area contributed by atoms with Crippen LogP contribution in [0.1, 0.15) is 43.8 Å². The number of imide groups is 3. The number of hydrogen-bond acceptors (Lipinski definition) is 13. The first kappa shape index (κ1) is 34.8. The fraction of sp³-hybridized carbons (Fsp3) is 0.125. The maximum Gasteiger partial charge on any atom is 0.360 e. The second-order valence-corrected chi connectivity index (χ2v) is 10.3. The van der Waals surface area contributed by atoms with Crippen molar-refractivity contribution in [1.82, 2.24) is 15.2 Å². The lowest BCUT2D eigenvalue weighted by atomic mass is 9.99. The number of alkyl halides is 1. The Morgan fingerprint density at radius 3 is 2.42 bits per heavy atom. The Kier molecular flexibility index (Phi) is 10.3. The molecule has 1 saturated heterocycles. The molecule has 18 heteroatoms. The smallest absolute Gasteiger partial charge is 0.360 e. The van der Waals surface area contributed by atoms with Crippen molar-refractivity contribution < 1.29 is 61.0 Å². The van der Waals surface area contributed by atoms with Gasteiger partial charge in [-0.15, -0.1) is 0 Å². The van der Waals surface area contributed by atoms with Gasteiger partial charge in [0, 0.05) is 11.6 Å². The van der Waals surface area contributed by atoms with E-state index in [-0.39, 0.29) is 39.3 Å². The highest BCUT2D eigenvalue weighted by atomic mass is 35.5. The number of ether oxygens (including phenoxy) is 3. The summed E-state index contributed by atoms with van der Waals surface area (Å²) >= 11 is 6.10. The predicted molar refractivity (Wildman–Crippen MR) is 163 cm³/mol. The van der Waals surface area contributed by atoms with Crippen molar-refractivity contribution in [1.29, 1.82) is 0 Å².